The lowest BCUT2D eigenvalue weighted by Gasteiger charge is -2.11. The van der Waals surface area contributed by atoms with E-state index in [2.05, 4.69) is 10.6 Å². The van der Waals surface area contributed by atoms with Crippen molar-refractivity contribution in [1.29, 1.82) is 0 Å². The minimum Gasteiger partial charge on any atom is -0.308 e. The molecule has 28 heavy (non-hydrogen) atoms. The molecule has 0 unspecified atom stereocenters. The second-order valence-corrected chi connectivity index (χ2v) is 6.40. The summed E-state index contributed by atoms with van der Waals surface area (Å²) in [5.74, 6) is -0.975. The Labute approximate surface area is 162 Å². The van der Waals surface area contributed by atoms with Crippen LogP contribution in [-0.4, -0.2) is 29.2 Å². The molecule has 0 saturated carbocycles. The van der Waals surface area contributed by atoms with Gasteiger partial charge in [-0.15, -0.1) is 0 Å². The van der Waals surface area contributed by atoms with Crippen molar-refractivity contribution in [2.75, 3.05) is 10.6 Å². The summed E-state index contributed by atoms with van der Waals surface area (Å²) in [5, 5.41) is 5.11. The molecule has 0 bridgehead atoms. The number of benzene rings is 2. The van der Waals surface area contributed by atoms with E-state index in [-0.39, 0.29) is 34.5 Å². The summed E-state index contributed by atoms with van der Waals surface area (Å²) in [6.45, 7) is 5.44. The van der Waals surface area contributed by atoms with Gasteiger partial charge in [0, 0.05) is 33.6 Å². The molecule has 7 nitrogen and oxygen atoms in total. The van der Waals surface area contributed by atoms with Crippen molar-refractivity contribution in [2.45, 2.75) is 27.7 Å². The number of urea groups is 1. The number of amides is 2. The summed E-state index contributed by atoms with van der Waals surface area (Å²) in [7, 11) is 0. The fourth-order valence-electron chi connectivity index (χ4n) is 2.51. The number of nitrogens with one attached hydrogen (secondary N) is 2. The van der Waals surface area contributed by atoms with Crippen LogP contribution in [-0.2, 0) is 0 Å². The molecule has 0 aliphatic rings. The normalized spacial score (nSPS) is 10.1. The largest absolute Gasteiger partial charge is 0.323 e. The summed E-state index contributed by atoms with van der Waals surface area (Å²) in [4.78, 5) is 58.9. The number of carbonyl (C=O) groups is 5. The Morgan fingerprint density at radius 3 is 0.964 bits per heavy atom. The van der Waals surface area contributed by atoms with E-state index < -0.39 is 6.03 Å². The molecule has 2 aromatic carbocycles. The average molecular weight is 380 g/mol. The maximum atomic E-state index is 12.3. The van der Waals surface area contributed by atoms with E-state index in [4.69, 9.17) is 0 Å². The summed E-state index contributed by atoms with van der Waals surface area (Å²) in [6.07, 6.45) is 0. The van der Waals surface area contributed by atoms with Crippen molar-refractivity contribution in [3.8, 4) is 0 Å². The summed E-state index contributed by atoms with van der Waals surface area (Å²) < 4.78 is 0. The summed E-state index contributed by atoms with van der Waals surface area (Å²) >= 11 is 0. The first kappa shape index (κ1) is 20.7. The predicted octanol–water partition coefficient (Wildman–Crippen LogP) is 4.14. The fourth-order valence-corrected chi connectivity index (χ4v) is 2.51. The SMILES string of the molecule is CC(=O)c1cc(NC(=O)Nc2cc(C(C)=O)cc(C(C)=O)c2)cc(C(C)=O)c1. The standard InChI is InChI=1S/C21H20N2O5/c1-11(24)15-5-16(12(2)25)8-19(7-15)22-21(28)23-20-9-17(13(3)26)6-18(10-20)14(4)27/h5-10H,1-4H3,(H2,22,23,28). The van der Waals surface area contributed by atoms with Gasteiger partial charge < -0.3 is 10.6 Å². The molecular weight excluding hydrogens is 360 g/mol. The molecule has 0 heterocycles. The van der Waals surface area contributed by atoms with Crippen LogP contribution in [0.5, 0.6) is 0 Å². The molecule has 0 aliphatic carbocycles. The minimum atomic E-state index is -0.648. The van der Waals surface area contributed by atoms with E-state index in [0.717, 1.165) is 0 Å². The van der Waals surface area contributed by atoms with Gasteiger partial charge in [0.25, 0.3) is 0 Å². The van der Waals surface area contributed by atoms with Gasteiger partial charge in [-0.25, -0.2) is 4.79 Å². The van der Waals surface area contributed by atoms with Crippen LogP contribution < -0.4 is 10.6 Å². The Balaban J connectivity index is 2.29. The number of hydrogen-bond acceptors (Lipinski definition) is 5. The van der Waals surface area contributed by atoms with Crippen LogP contribution in [0.2, 0.25) is 0 Å². The lowest BCUT2D eigenvalue weighted by molar-refractivity contribution is 0.0998. The first-order chi connectivity index (χ1) is 13.1. The van der Waals surface area contributed by atoms with Crippen LogP contribution in [0.15, 0.2) is 36.4 Å². The van der Waals surface area contributed by atoms with E-state index in [9.17, 15) is 24.0 Å². The topological polar surface area (TPSA) is 109 Å². The van der Waals surface area contributed by atoms with Gasteiger partial charge in [-0.3, -0.25) is 19.2 Å². The maximum Gasteiger partial charge on any atom is 0.323 e. The lowest BCUT2D eigenvalue weighted by atomic mass is 10.0. The van der Waals surface area contributed by atoms with E-state index in [1.165, 1.54) is 64.1 Å². The van der Waals surface area contributed by atoms with Crippen LogP contribution in [0, 0.1) is 0 Å². The number of hydrogen-bond donors (Lipinski definition) is 2. The van der Waals surface area contributed by atoms with Gasteiger partial charge >= 0.3 is 6.03 Å². The summed E-state index contributed by atoms with van der Waals surface area (Å²) in [6, 6.07) is 8.11. The third-order valence-electron chi connectivity index (χ3n) is 4.01. The van der Waals surface area contributed by atoms with Crippen LogP contribution in [0.1, 0.15) is 69.1 Å². The van der Waals surface area contributed by atoms with E-state index in [1.54, 1.807) is 0 Å². The quantitative estimate of drug-likeness (QED) is 0.732. The molecule has 0 fully saturated rings. The highest BCUT2D eigenvalue weighted by molar-refractivity contribution is 6.06. The Kier molecular flexibility index (Phi) is 6.20. The van der Waals surface area contributed by atoms with Crippen LogP contribution in [0.3, 0.4) is 0 Å². The van der Waals surface area contributed by atoms with Crippen LogP contribution >= 0.6 is 0 Å². The molecular formula is C21H20N2O5. The third-order valence-corrected chi connectivity index (χ3v) is 4.01. The Morgan fingerprint density at radius 2 is 0.750 bits per heavy atom. The van der Waals surface area contributed by atoms with Gasteiger partial charge in [-0.2, -0.15) is 0 Å². The van der Waals surface area contributed by atoms with Crippen molar-refractivity contribution >= 4 is 40.5 Å². The molecule has 144 valence electrons. The second kappa shape index (κ2) is 8.39. The first-order valence-corrected chi connectivity index (χ1v) is 8.48. The highest BCUT2D eigenvalue weighted by atomic mass is 16.2. The van der Waals surface area contributed by atoms with Gasteiger partial charge in [0.05, 0.1) is 0 Å². The zero-order chi connectivity index (χ0) is 21.0. The van der Waals surface area contributed by atoms with E-state index >= 15 is 0 Å². The molecule has 2 rings (SSSR count). The molecule has 0 aliphatic heterocycles. The van der Waals surface area contributed by atoms with Crippen molar-refractivity contribution in [3.05, 3.63) is 58.7 Å². The highest BCUT2D eigenvalue weighted by Gasteiger charge is 2.12. The van der Waals surface area contributed by atoms with Crippen LogP contribution in [0.25, 0.3) is 0 Å². The van der Waals surface area contributed by atoms with Crippen molar-refractivity contribution in [3.63, 3.8) is 0 Å². The Morgan fingerprint density at radius 1 is 0.500 bits per heavy atom. The van der Waals surface area contributed by atoms with E-state index in [0.29, 0.717) is 22.3 Å². The van der Waals surface area contributed by atoms with Gasteiger partial charge in [-0.1, -0.05) is 0 Å². The monoisotopic (exact) mass is 380 g/mol. The molecule has 7 heteroatoms. The van der Waals surface area contributed by atoms with Crippen molar-refractivity contribution in [2.24, 2.45) is 0 Å². The van der Waals surface area contributed by atoms with Gasteiger partial charge in [0.15, 0.2) is 23.1 Å². The zero-order valence-corrected chi connectivity index (χ0v) is 16.0. The smallest absolute Gasteiger partial charge is 0.308 e. The molecule has 2 aromatic rings. The number of carbonyl (C=O) groups excluding carboxylic acids is 5. The molecule has 0 aromatic heterocycles. The number of anilines is 2. The summed E-state index contributed by atoms with van der Waals surface area (Å²) in [5.41, 5.74) is 1.71. The van der Waals surface area contributed by atoms with Crippen molar-refractivity contribution in [1.82, 2.24) is 0 Å². The molecule has 0 atom stereocenters. The molecule has 2 amide bonds. The maximum absolute atomic E-state index is 12.3. The lowest BCUT2D eigenvalue weighted by Crippen LogP contribution is -2.20. The van der Waals surface area contributed by atoms with Crippen LogP contribution in [0.4, 0.5) is 16.2 Å². The second-order valence-electron chi connectivity index (χ2n) is 6.40. The van der Waals surface area contributed by atoms with Gasteiger partial charge in [0.1, 0.15) is 0 Å². The number of ketones is 4. The van der Waals surface area contributed by atoms with Crippen molar-refractivity contribution < 1.29 is 24.0 Å². The van der Waals surface area contributed by atoms with E-state index in [1.807, 2.05) is 0 Å². The van der Waals surface area contributed by atoms with Gasteiger partial charge in [-0.05, 0) is 64.1 Å². The predicted molar refractivity (Wildman–Crippen MR) is 106 cm³/mol. The number of rotatable bonds is 6. The first-order valence-electron chi connectivity index (χ1n) is 8.48. The Bertz CT molecular complexity index is 864. The highest BCUT2D eigenvalue weighted by Crippen LogP contribution is 2.19. The fraction of sp³-hybridized carbons (Fsp3) is 0.190. The third kappa shape index (κ3) is 5.20. The average Bonchev–Trinajstić information content (AvgIpc) is 2.60. The Hall–Kier alpha value is -3.61. The minimum absolute atomic E-state index is 0.244. The molecule has 0 spiro atoms. The van der Waals surface area contributed by atoms with Gasteiger partial charge in [0.2, 0.25) is 0 Å². The molecule has 0 saturated heterocycles. The number of Topliss-reactive ketones (excluding diaryl/α,β-unsaturated/α-hetero) is 4. The zero-order valence-electron chi connectivity index (χ0n) is 16.0. The molecule has 0 radical (unpaired) electrons. The molecule has 2 N–H and O–H groups in total.